The van der Waals surface area contributed by atoms with E-state index in [0.29, 0.717) is 0 Å². The van der Waals surface area contributed by atoms with Gasteiger partial charge in [-0.1, -0.05) is 0 Å². The van der Waals surface area contributed by atoms with Gasteiger partial charge in [0, 0.05) is 27.1 Å². The van der Waals surface area contributed by atoms with Gasteiger partial charge in [0.15, 0.2) is 0 Å². The third-order valence-electron chi connectivity index (χ3n) is 1.70. The van der Waals surface area contributed by atoms with Gasteiger partial charge in [-0.15, -0.1) is 0 Å². The summed E-state index contributed by atoms with van der Waals surface area (Å²) in [4.78, 5) is 6.50. The third-order valence-corrected chi connectivity index (χ3v) is 1.70. The normalized spacial score (nSPS) is 17.8. The van der Waals surface area contributed by atoms with Crippen molar-refractivity contribution >= 4 is 5.84 Å². The number of aliphatic imine (C=N–C) groups is 1. The Balaban J connectivity index is 2.26. The first kappa shape index (κ1) is 7.54. The Kier molecular flexibility index (Phi) is 2.68. The lowest BCUT2D eigenvalue weighted by Crippen LogP contribution is -2.23. The fraction of sp³-hybridized carbons (Fsp3) is 0.857. The highest BCUT2D eigenvalue weighted by atomic mass is 16.5. The van der Waals surface area contributed by atoms with Gasteiger partial charge < -0.3 is 9.64 Å². The van der Waals surface area contributed by atoms with Crippen LogP contribution >= 0.6 is 0 Å². The van der Waals surface area contributed by atoms with Crippen molar-refractivity contribution in [3.63, 3.8) is 0 Å². The Morgan fingerprint density at radius 2 is 2.50 bits per heavy atom. The van der Waals surface area contributed by atoms with Crippen molar-refractivity contribution < 1.29 is 4.74 Å². The molecule has 0 unspecified atom stereocenters. The van der Waals surface area contributed by atoms with Crippen LogP contribution in [0.1, 0.15) is 6.42 Å². The first-order valence-corrected chi connectivity index (χ1v) is 3.58. The van der Waals surface area contributed by atoms with Crippen molar-refractivity contribution in [3.05, 3.63) is 0 Å². The van der Waals surface area contributed by atoms with E-state index in [1.807, 2.05) is 0 Å². The summed E-state index contributed by atoms with van der Waals surface area (Å²) in [6.07, 6.45) is 0.951. The van der Waals surface area contributed by atoms with E-state index < -0.39 is 0 Å². The van der Waals surface area contributed by atoms with Crippen LogP contribution in [-0.2, 0) is 4.74 Å². The van der Waals surface area contributed by atoms with Crippen LogP contribution in [0.2, 0.25) is 0 Å². The lowest BCUT2D eigenvalue weighted by atomic mass is 10.4. The lowest BCUT2D eigenvalue weighted by Gasteiger charge is -2.12. The zero-order chi connectivity index (χ0) is 7.40. The zero-order valence-corrected chi connectivity index (χ0v) is 6.63. The largest absolute Gasteiger partial charge is 0.384 e. The van der Waals surface area contributed by atoms with E-state index in [-0.39, 0.29) is 0 Å². The van der Waals surface area contributed by atoms with Crippen LogP contribution in [0.15, 0.2) is 4.99 Å². The van der Waals surface area contributed by atoms with Gasteiger partial charge in [-0.3, -0.25) is 4.99 Å². The highest BCUT2D eigenvalue weighted by Crippen LogP contribution is 2.01. The summed E-state index contributed by atoms with van der Waals surface area (Å²) in [6.45, 7) is 2.80. The lowest BCUT2D eigenvalue weighted by molar-refractivity contribution is 0.205. The predicted molar refractivity (Wildman–Crippen MR) is 41.4 cm³/mol. The number of rotatable bonds is 3. The van der Waals surface area contributed by atoms with Gasteiger partial charge in [0.1, 0.15) is 5.84 Å². The standard InChI is InChI=1S/C7H14N2O/c1-9-5-4-8-7(9)3-6-10-2/h3-6H2,1-2H3. The van der Waals surface area contributed by atoms with Crippen LogP contribution < -0.4 is 0 Å². The molecule has 0 saturated carbocycles. The van der Waals surface area contributed by atoms with Crippen LogP contribution in [0.5, 0.6) is 0 Å². The van der Waals surface area contributed by atoms with Crippen LogP contribution in [0.25, 0.3) is 0 Å². The van der Waals surface area contributed by atoms with Gasteiger partial charge in [0.2, 0.25) is 0 Å². The topological polar surface area (TPSA) is 24.8 Å². The maximum atomic E-state index is 4.94. The van der Waals surface area contributed by atoms with Crippen molar-refractivity contribution in [2.24, 2.45) is 4.99 Å². The van der Waals surface area contributed by atoms with Crippen molar-refractivity contribution in [1.82, 2.24) is 4.90 Å². The van der Waals surface area contributed by atoms with Gasteiger partial charge in [0.25, 0.3) is 0 Å². The van der Waals surface area contributed by atoms with E-state index >= 15 is 0 Å². The minimum Gasteiger partial charge on any atom is -0.384 e. The number of hydrogen-bond donors (Lipinski definition) is 0. The second-order valence-corrected chi connectivity index (χ2v) is 2.46. The predicted octanol–water partition coefficient (Wildman–Crippen LogP) is 0.367. The molecular formula is C7H14N2O. The molecule has 0 aromatic carbocycles. The molecular weight excluding hydrogens is 128 g/mol. The molecule has 1 aliphatic rings. The summed E-state index contributed by atoms with van der Waals surface area (Å²) >= 11 is 0. The second kappa shape index (κ2) is 3.56. The quantitative estimate of drug-likeness (QED) is 0.568. The Hall–Kier alpha value is -0.570. The van der Waals surface area contributed by atoms with Crippen LogP contribution in [0.3, 0.4) is 0 Å². The molecule has 0 bridgehead atoms. The fourth-order valence-corrected chi connectivity index (χ4v) is 1.04. The fourth-order valence-electron chi connectivity index (χ4n) is 1.04. The summed E-state index contributed by atoms with van der Waals surface area (Å²) in [5.41, 5.74) is 0. The van der Waals surface area contributed by atoms with E-state index in [4.69, 9.17) is 4.74 Å². The van der Waals surface area contributed by atoms with E-state index in [0.717, 1.165) is 26.1 Å². The number of ether oxygens (including phenoxy) is 1. The molecule has 0 amide bonds. The highest BCUT2D eigenvalue weighted by molar-refractivity contribution is 5.83. The minimum absolute atomic E-state index is 0.781. The molecule has 3 nitrogen and oxygen atoms in total. The molecule has 1 aliphatic heterocycles. The first-order chi connectivity index (χ1) is 4.84. The average Bonchev–Trinajstić information content (AvgIpc) is 2.31. The Morgan fingerprint density at radius 3 is 3.00 bits per heavy atom. The number of nitrogens with zero attached hydrogens (tertiary/aromatic N) is 2. The summed E-state index contributed by atoms with van der Waals surface area (Å²) in [5.74, 6) is 1.18. The number of hydrogen-bond acceptors (Lipinski definition) is 3. The van der Waals surface area contributed by atoms with Gasteiger partial charge in [0.05, 0.1) is 13.2 Å². The monoisotopic (exact) mass is 142 g/mol. The summed E-state index contributed by atoms with van der Waals surface area (Å²) in [6, 6.07) is 0. The molecule has 1 heterocycles. The Labute approximate surface area is 61.7 Å². The average molecular weight is 142 g/mol. The molecule has 10 heavy (non-hydrogen) atoms. The SMILES string of the molecule is COCCC1=NCCN1C. The van der Waals surface area contributed by atoms with Gasteiger partial charge in [-0.2, -0.15) is 0 Å². The maximum Gasteiger partial charge on any atom is 0.101 e. The molecule has 1 rings (SSSR count). The third kappa shape index (κ3) is 1.70. The van der Waals surface area contributed by atoms with E-state index in [9.17, 15) is 0 Å². The molecule has 0 fully saturated rings. The molecule has 0 aliphatic carbocycles. The van der Waals surface area contributed by atoms with Crippen LogP contribution in [0.4, 0.5) is 0 Å². The molecule has 58 valence electrons. The molecule has 3 heteroatoms. The zero-order valence-electron chi connectivity index (χ0n) is 6.63. The van der Waals surface area contributed by atoms with Crippen molar-refractivity contribution in [2.45, 2.75) is 6.42 Å². The molecule has 0 N–H and O–H groups in total. The Morgan fingerprint density at radius 1 is 1.70 bits per heavy atom. The summed E-state index contributed by atoms with van der Waals surface area (Å²) in [5, 5.41) is 0. The van der Waals surface area contributed by atoms with E-state index in [1.165, 1.54) is 5.84 Å². The smallest absolute Gasteiger partial charge is 0.101 e. The maximum absolute atomic E-state index is 4.94. The molecule has 0 radical (unpaired) electrons. The second-order valence-electron chi connectivity index (χ2n) is 2.46. The highest BCUT2D eigenvalue weighted by Gasteiger charge is 2.10. The van der Waals surface area contributed by atoms with E-state index in [2.05, 4.69) is 16.9 Å². The number of amidine groups is 1. The van der Waals surface area contributed by atoms with Crippen LogP contribution in [0, 0.1) is 0 Å². The van der Waals surface area contributed by atoms with Crippen LogP contribution in [-0.4, -0.2) is 44.6 Å². The van der Waals surface area contributed by atoms with Crippen molar-refractivity contribution in [2.75, 3.05) is 33.9 Å². The van der Waals surface area contributed by atoms with E-state index in [1.54, 1.807) is 7.11 Å². The Bertz CT molecular complexity index is 134. The molecule has 0 saturated heterocycles. The number of likely N-dealkylation sites (N-methyl/N-ethyl adjacent to an activating group) is 1. The van der Waals surface area contributed by atoms with Gasteiger partial charge in [-0.05, 0) is 0 Å². The van der Waals surface area contributed by atoms with Gasteiger partial charge in [-0.25, -0.2) is 0 Å². The summed E-state index contributed by atoms with van der Waals surface area (Å²) in [7, 11) is 3.79. The molecule has 0 spiro atoms. The minimum atomic E-state index is 0.781. The molecule has 0 aromatic rings. The van der Waals surface area contributed by atoms with Crippen molar-refractivity contribution in [3.8, 4) is 0 Å². The molecule has 0 atom stereocenters. The van der Waals surface area contributed by atoms with Crippen molar-refractivity contribution in [1.29, 1.82) is 0 Å². The summed E-state index contributed by atoms with van der Waals surface area (Å²) < 4.78 is 4.94. The first-order valence-electron chi connectivity index (χ1n) is 3.58. The van der Waals surface area contributed by atoms with Gasteiger partial charge >= 0.3 is 0 Å². The number of methoxy groups -OCH3 is 1. The molecule has 0 aromatic heterocycles.